The van der Waals surface area contributed by atoms with Crippen LogP contribution in [0.5, 0.6) is 0 Å². The number of amidine groups is 1. The van der Waals surface area contributed by atoms with Gasteiger partial charge in [-0.1, -0.05) is 91.0 Å². The van der Waals surface area contributed by atoms with Gasteiger partial charge >= 0.3 is 0 Å². The summed E-state index contributed by atoms with van der Waals surface area (Å²) in [6.45, 7) is 0. The van der Waals surface area contributed by atoms with Crippen LogP contribution >= 0.6 is 0 Å². The van der Waals surface area contributed by atoms with Gasteiger partial charge in [-0.25, -0.2) is 0 Å². The molecule has 0 aliphatic heterocycles. The highest BCUT2D eigenvalue weighted by Crippen LogP contribution is 2.22. The molecule has 29 heavy (non-hydrogen) atoms. The van der Waals surface area contributed by atoms with Gasteiger partial charge in [-0.05, 0) is 35.4 Å². The molecule has 4 aromatic rings. The van der Waals surface area contributed by atoms with Gasteiger partial charge in [0.15, 0.2) is 0 Å². The van der Waals surface area contributed by atoms with E-state index in [0.29, 0.717) is 5.84 Å². The maximum atomic E-state index is 4.45. The highest BCUT2D eigenvalue weighted by Gasteiger charge is 2.03. The normalized spacial score (nSPS) is 11.5. The van der Waals surface area contributed by atoms with Crippen LogP contribution in [-0.4, -0.2) is 5.84 Å². The summed E-state index contributed by atoms with van der Waals surface area (Å²) >= 11 is 0. The number of anilines is 1. The Kier molecular flexibility index (Phi) is 5.84. The number of nitrogens with one attached hydrogen (secondary N) is 1. The molecule has 0 heterocycles. The second-order valence-corrected chi connectivity index (χ2v) is 6.39. The van der Waals surface area contributed by atoms with Gasteiger partial charge in [0, 0.05) is 5.56 Å². The lowest BCUT2D eigenvalue weighted by molar-refractivity contribution is 1.22. The zero-order valence-electron chi connectivity index (χ0n) is 15.8. The van der Waals surface area contributed by atoms with Crippen LogP contribution in [0.4, 0.5) is 11.4 Å². The number of azo groups is 1. The van der Waals surface area contributed by atoms with E-state index in [2.05, 4.69) is 32.9 Å². The fraction of sp³-hybridized carbons (Fsp3) is 0. The van der Waals surface area contributed by atoms with Gasteiger partial charge in [0.2, 0.25) is 5.84 Å². The van der Waals surface area contributed by atoms with Crippen molar-refractivity contribution >= 4 is 17.2 Å². The Bertz CT molecular complexity index is 1090. The minimum Gasteiger partial charge on any atom is -0.276 e. The summed E-state index contributed by atoms with van der Waals surface area (Å²) in [6.07, 6.45) is 0. The molecule has 0 unspecified atom stereocenters. The van der Waals surface area contributed by atoms with Gasteiger partial charge in [-0.3, -0.25) is 5.43 Å². The van der Waals surface area contributed by atoms with E-state index in [1.165, 1.54) is 5.56 Å². The first-order valence-corrected chi connectivity index (χ1v) is 9.40. The molecule has 4 rings (SSSR count). The van der Waals surface area contributed by atoms with Crippen LogP contribution in [0.1, 0.15) is 5.56 Å². The molecule has 0 fully saturated rings. The zero-order chi connectivity index (χ0) is 19.7. The van der Waals surface area contributed by atoms with Gasteiger partial charge in [0.05, 0.1) is 11.4 Å². The first-order valence-electron chi connectivity index (χ1n) is 9.40. The molecule has 4 aromatic carbocycles. The largest absolute Gasteiger partial charge is 0.276 e. The molecule has 0 atom stereocenters. The second-order valence-electron chi connectivity index (χ2n) is 6.39. The second kappa shape index (κ2) is 9.24. The van der Waals surface area contributed by atoms with Crippen LogP contribution in [-0.2, 0) is 0 Å². The van der Waals surface area contributed by atoms with Gasteiger partial charge in [0.1, 0.15) is 0 Å². The van der Waals surface area contributed by atoms with Crippen LogP contribution in [0.3, 0.4) is 0 Å². The number of para-hydroxylation sites is 1. The molecule has 0 aromatic heterocycles. The van der Waals surface area contributed by atoms with Gasteiger partial charge in [0.25, 0.3) is 0 Å². The van der Waals surface area contributed by atoms with Crippen molar-refractivity contribution in [2.75, 3.05) is 5.43 Å². The molecule has 140 valence electrons. The number of hydrogen-bond donors (Lipinski definition) is 1. The molecule has 0 bridgehead atoms. The average molecular weight is 376 g/mol. The lowest BCUT2D eigenvalue weighted by atomic mass is 10.1. The molecule has 0 radical (unpaired) electrons. The predicted molar refractivity (Wildman–Crippen MR) is 119 cm³/mol. The summed E-state index contributed by atoms with van der Waals surface area (Å²) in [5.41, 5.74) is 7.92. The number of hydrogen-bond acceptors (Lipinski definition) is 3. The standard InChI is InChI=1S/C25H20N4/c1-4-10-20(11-5-1)21-16-18-24(19-17-21)27-29-25(22-12-6-2-7-13-22)28-26-23-14-8-3-9-15-23/h1-19,26H. The van der Waals surface area contributed by atoms with Crippen LogP contribution in [0, 0.1) is 0 Å². The molecular formula is C25H20N4. The summed E-state index contributed by atoms with van der Waals surface area (Å²) in [7, 11) is 0. The molecule has 0 aliphatic carbocycles. The fourth-order valence-electron chi connectivity index (χ4n) is 2.82. The van der Waals surface area contributed by atoms with Crippen molar-refractivity contribution in [3.8, 4) is 11.1 Å². The van der Waals surface area contributed by atoms with Crippen molar-refractivity contribution < 1.29 is 0 Å². The van der Waals surface area contributed by atoms with E-state index in [0.717, 1.165) is 22.5 Å². The molecular weight excluding hydrogens is 356 g/mol. The maximum Gasteiger partial charge on any atom is 0.201 e. The molecule has 4 nitrogen and oxygen atoms in total. The number of hydrazone groups is 1. The minimum atomic E-state index is 0.515. The van der Waals surface area contributed by atoms with Crippen LogP contribution in [0.2, 0.25) is 0 Å². The Morgan fingerprint density at radius 1 is 0.552 bits per heavy atom. The Morgan fingerprint density at radius 2 is 1.10 bits per heavy atom. The highest BCUT2D eigenvalue weighted by molar-refractivity contribution is 5.99. The SMILES string of the molecule is c1ccc(NN=C(N=Nc2ccc(-c3ccccc3)cc2)c2ccccc2)cc1. The Morgan fingerprint density at radius 3 is 1.76 bits per heavy atom. The monoisotopic (exact) mass is 376 g/mol. The van der Waals surface area contributed by atoms with E-state index < -0.39 is 0 Å². The summed E-state index contributed by atoms with van der Waals surface area (Å²) < 4.78 is 0. The minimum absolute atomic E-state index is 0.515. The fourth-order valence-corrected chi connectivity index (χ4v) is 2.82. The van der Waals surface area contributed by atoms with Crippen molar-refractivity contribution in [3.63, 3.8) is 0 Å². The number of benzene rings is 4. The molecule has 1 N–H and O–H groups in total. The van der Waals surface area contributed by atoms with E-state index in [1.807, 2.05) is 103 Å². The predicted octanol–water partition coefficient (Wildman–Crippen LogP) is 6.91. The topological polar surface area (TPSA) is 49.1 Å². The average Bonchev–Trinajstić information content (AvgIpc) is 2.81. The quantitative estimate of drug-likeness (QED) is 0.175. The third-order valence-corrected chi connectivity index (χ3v) is 4.33. The van der Waals surface area contributed by atoms with Crippen molar-refractivity contribution in [2.45, 2.75) is 0 Å². The van der Waals surface area contributed by atoms with Crippen molar-refractivity contribution in [1.82, 2.24) is 0 Å². The molecule has 0 saturated heterocycles. The van der Waals surface area contributed by atoms with Gasteiger partial charge in [-0.2, -0.15) is 5.10 Å². The highest BCUT2D eigenvalue weighted by atomic mass is 15.3. The van der Waals surface area contributed by atoms with E-state index in [9.17, 15) is 0 Å². The maximum absolute atomic E-state index is 4.45. The summed E-state index contributed by atoms with van der Waals surface area (Å²) in [4.78, 5) is 0. The van der Waals surface area contributed by atoms with Crippen molar-refractivity contribution in [2.24, 2.45) is 15.3 Å². The lowest BCUT2D eigenvalue weighted by Gasteiger charge is -2.04. The Balaban J connectivity index is 1.56. The van der Waals surface area contributed by atoms with Gasteiger partial charge in [-0.15, -0.1) is 10.2 Å². The summed E-state index contributed by atoms with van der Waals surface area (Å²) in [6, 6.07) is 37.8. The first kappa shape index (κ1) is 18.3. The zero-order valence-corrected chi connectivity index (χ0v) is 15.8. The smallest absolute Gasteiger partial charge is 0.201 e. The third-order valence-electron chi connectivity index (χ3n) is 4.33. The number of nitrogens with zero attached hydrogens (tertiary/aromatic N) is 3. The van der Waals surface area contributed by atoms with E-state index in [-0.39, 0.29) is 0 Å². The molecule has 4 heteroatoms. The van der Waals surface area contributed by atoms with Crippen LogP contribution < -0.4 is 5.43 Å². The van der Waals surface area contributed by atoms with Gasteiger partial charge < -0.3 is 0 Å². The Hall–Kier alpha value is -4.05. The molecule has 0 spiro atoms. The van der Waals surface area contributed by atoms with E-state index in [1.54, 1.807) is 0 Å². The number of rotatable bonds is 5. The van der Waals surface area contributed by atoms with Crippen molar-refractivity contribution in [1.29, 1.82) is 0 Å². The third kappa shape index (κ3) is 5.02. The Labute approximate surface area is 170 Å². The van der Waals surface area contributed by atoms with Crippen LogP contribution in [0.25, 0.3) is 11.1 Å². The van der Waals surface area contributed by atoms with E-state index in [4.69, 9.17) is 0 Å². The summed E-state index contributed by atoms with van der Waals surface area (Å²) in [5, 5.41) is 13.2. The molecule has 0 aliphatic rings. The first-order chi connectivity index (χ1) is 14.4. The molecule has 0 amide bonds. The van der Waals surface area contributed by atoms with E-state index >= 15 is 0 Å². The molecule has 0 saturated carbocycles. The lowest BCUT2D eigenvalue weighted by Crippen LogP contribution is -2.00. The van der Waals surface area contributed by atoms with Crippen LogP contribution in [0.15, 0.2) is 131 Å². The van der Waals surface area contributed by atoms with Crippen molar-refractivity contribution in [3.05, 3.63) is 121 Å². The summed E-state index contributed by atoms with van der Waals surface area (Å²) in [5.74, 6) is 0.515.